The van der Waals surface area contributed by atoms with E-state index >= 15 is 0 Å². The molecule has 18 heteroatoms. The van der Waals surface area contributed by atoms with Crippen molar-refractivity contribution in [3.05, 3.63) is 115 Å². The highest BCUT2D eigenvalue weighted by molar-refractivity contribution is 8.13. The van der Waals surface area contributed by atoms with Crippen LogP contribution in [-0.2, 0) is 38.1 Å². The van der Waals surface area contributed by atoms with Gasteiger partial charge in [0.15, 0.2) is 0 Å². The van der Waals surface area contributed by atoms with Gasteiger partial charge in [0.05, 0.1) is 54.9 Å². The average Bonchev–Trinajstić information content (AvgIpc) is 3.98. The molecule has 62 heavy (non-hydrogen) atoms. The Kier molecular flexibility index (Phi) is 14.4. The van der Waals surface area contributed by atoms with Gasteiger partial charge in [-0.25, -0.2) is 36.4 Å². The number of methoxy groups -OCH3 is 3. The number of nitrogens with two attached hydrogens (primary N) is 1. The molecule has 0 aliphatic carbocycles. The Labute approximate surface area is 365 Å². The predicted molar refractivity (Wildman–Crippen MR) is 241 cm³/mol. The second-order valence-corrected chi connectivity index (χ2v) is 18.7. The van der Waals surface area contributed by atoms with Crippen LogP contribution >= 0.6 is 10.7 Å². The molecule has 0 spiro atoms. The number of aromatic nitrogens is 2. The van der Waals surface area contributed by atoms with Crippen LogP contribution in [0.5, 0.6) is 5.75 Å². The molecular formula is C44H47ClN6O9S2. The number of fused-ring (bicyclic) bond motifs is 2. The van der Waals surface area contributed by atoms with Gasteiger partial charge in [0.2, 0.25) is 0 Å². The summed E-state index contributed by atoms with van der Waals surface area (Å²) in [6, 6.07) is 27.1. The van der Waals surface area contributed by atoms with Crippen molar-refractivity contribution >= 4 is 86.3 Å². The third-order valence-electron chi connectivity index (χ3n) is 10.5. The quantitative estimate of drug-likeness (QED) is 0.110. The molecule has 2 aliphatic rings. The number of nitrogens with one attached hydrogen (secondary N) is 1. The Morgan fingerprint density at radius 1 is 0.677 bits per heavy atom. The van der Waals surface area contributed by atoms with Gasteiger partial charge in [-0.15, -0.1) is 0 Å². The molecule has 4 aromatic carbocycles. The van der Waals surface area contributed by atoms with Crippen LogP contribution in [0.2, 0.25) is 0 Å². The number of hydrogen-bond acceptors (Lipinski definition) is 14. The van der Waals surface area contributed by atoms with Crippen LogP contribution in [0.4, 0.5) is 23.0 Å². The number of aryl methyl sites for hydroxylation is 1. The van der Waals surface area contributed by atoms with E-state index in [0.29, 0.717) is 41.3 Å². The number of carbonyl (C=O) groups is 2. The van der Waals surface area contributed by atoms with Gasteiger partial charge < -0.3 is 29.7 Å². The van der Waals surface area contributed by atoms with E-state index in [0.717, 1.165) is 53.3 Å². The summed E-state index contributed by atoms with van der Waals surface area (Å²) in [4.78, 5) is 37.3. The fourth-order valence-corrected chi connectivity index (χ4v) is 9.21. The highest BCUT2D eigenvalue weighted by Crippen LogP contribution is 2.36. The normalized spacial score (nSPS) is 16.1. The molecule has 0 saturated carbocycles. The molecular weight excluding hydrogens is 856 g/mol. The second-order valence-electron chi connectivity index (χ2n) is 14.4. The number of nitrogens with zero attached hydrogens (tertiary/aromatic N) is 4. The van der Waals surface area contributed by atoms with E-state index in [2.05, 4.69) is 14.7 Å². The van der Waals surface area contributed by atoms with E-state index in [4.69, 9.17) is 30.6 Å². The largest absolute Gasteiger partial charge is 0.497 e. The number of esters is 2. The summed E-state index contributed by atoms with van der Waals surface area (Å²) in [7, 11) is 2.03. The number of anilines is 4. The molecule has 0 amide bonds. The van der Waals surface area contributed by atoms with Gasteiger partial charge in [-0.2, -0.15) is 0 Å². The zero-order chi connectivity index (χ0) is 44.6. The SMILES string of the molecule is COC(=O)[C@@H]1CCCN1c1ncc(N)c2ccccc12.COC(=O)[C@@H]1CCCN1c1ncc(NS(=O)(=O)c2ccc(OC)cc2)c2ccccc12.Cc1ccc(S(=O)(=O)Cl)cc1. The number of rotatable bonds is 9. The molecule has 2 atom stereocenters. The molecule has 0 radical (unpaired) electrons. The van der Waals surface area contributed by atoms with E-state index in [-0.39, 0.29) is 27.8 Å². The first-order valence-electron chi connectivity index (χ1n) is 19.5. The Morgan fingerprint density at radius 2 is 1.15 bits per heavy atom. The lowest BCUT2D eigenvalue weighted by molar-refractivity contribution is -0.142. The summed E-state index contributed by atoms with van der Waals surface area (Å²) in [5.41, 5.74) is 8.00. The lowest BCUT2D eigenvalue weighted by Gasteiger charge is -2.25. The predicted octanol–water partition coefficient (Wildman–Crippen LogP) is 7.07. The molecule has 15 nitrogen and oxygen atoms in total. The highest BCUT2D eigenvalue weighted by Gasteiger charge is 2.35. The number of carbonyl (C=O) groups excluding carboxylic acids is 2. The van der Waals surface area contributed by atoms with Gasteiger partial charge in [-0.05, 0) is 69.0 Å². The minimum atomic E-state index is -3.82. The summed E-state index contributed by atoms with van der Waals surface area (Å²) >= 11 is 0. The van der Waals surface area contributed by atoms with Crippen molar-refractivity contribution < 1.29 is 40.6 Å². The Hall–Kier alpha value is -6.17. The number of nitrogen functional groups attached to an aromatic ring is 1. The molecule has 2 fully saturated rings. The monoisotopic (exact) mass is 902 g/mol. The standard InChI is InChI=1S/C22H23N3O5S.C15H17N3O2.C7H7ClO2S/c1-29-15-9-11-16(12-10-15)31(27,28)24-19-14-23-21(18-7-4-3-6-17(18)19)25-13-5-8-20(25)22(26)30-2;1-20-15(19)13-7-4-8-18(13)14-11-6-3-2-5-10(11)12(16)9-17-14;1-6-2-4-7(5-3-6)11(8,9)10/h3-4,6-7,9-12,14,20,24H,5,8,13H2,1-2H3;2-3,5-6,9,13H,4,7-8,16H2,1H3;2-5H,1H3/t20-;13-;/m00./s1. The molecule has 4 heterocycles. The Morgan fingerprint density at radius 3 is 1.65 bits per heavy atom. The number of pyridine rings is 2. The topological polar surface area (TPSA) is 200 Å². The zero-order valence-corrected chi connectivity index (χ0v) is 36.9. The van der Waals surface area contributed by atoms with Gasteiger partial charge in [-0.1, -0.05) is 66.2 Å². The lowest BCUT2D eigenvalue weighted by atomic mass is 10.1. The maximum absolute atomic E-state index is 12.9. The minimum Gasteiger partial charge on any atom is -0.497 e. The maximum atomic E-state index is 12.9. The number of sulfonamides is 1. The molecule has 2 aliphatic heterocycles. The van der Waals surface area contributed by atoms with Crippen LogP contribution in [0.15, 0.2) is 119 Å². The number of halogens is 1. The van der Waals surface area contributed by atoms with Crippen LogP contribution in [0.1, 0.15) is 31.2 Å². The first-order chi connectivity index (χ1) is 29.7. The molecule has 0 unspecified atom stereocenters. The zero-order valence-electron chi connectivity index (χ0n) is 34.5. The third kappa shape index (κ3) is 10.3. The molecule has 3 N–H and O–H groups in total. The van der Waals surface area contributed by atoms with Gasteiger partial charge in [-0.3, -0.25) is 4.72 Å². The number of ether oxygens (including phenoxy) is 3. The van der Waals surface area contributed by atoms with E-state index in [1.807, 2.05) is 65.3 Å². The second kappa shape index (κ2) is 19.7. The van der Waals surface area contributed by atoms with Crippen molar-refractivity contribution in [2.24, 2.45) is 0 Å². The summed E-state index contributed by atoms with van der Waals surface area (Å²) in [6.45, 7) is 3.36. The fraction of sp³-hybridized carbons (Fsp3) is 0.273. The fourth-order valence-electron chi connectivity index (χ4n) is 7.38. The van der Waals surface area contributed by atoms with Crippen LogP contribution < -0.4 is 25.0 Å². The lowest BCUT2D eigenvalue weighted by Crippen LogP contribution is -2.37. The first kappa shape index (κ1) is 45.4. The molecule has 0 bridgehead atoms. The minimum absolute atomic E-state index is 0.117. The van der Waals surface area contributed by atoms with Crippen LogP contribution in [0, 0.1) is 6.92 Å². The van der Waals surface area contributed by atoms with E-state index in [1.54, 1.807) is 30.5 Å². The number of hydrogen-bond donors (Lipinski definition) is 2. The van der Waals surface area contributed by atoms with Crippen molar-refractivity contribution in [1.29, 1.82) is 0 Å². The van der Waals surface area contributed by atoms with Crippen molar-refractivity contribution in [1.82, 2.24) is 9.97 Å². The molecule has 2 saturated heterocycles. The molecule has 8 rings (SSSR count). The van der Waals surface area contributed by atoms with Crippen molar-refractivity contribution in [3.63, 3.8) is 0 Å². The van der Waals surface area contributed by atoms with E-state index in [9.17, 15) is 26.4 Å². The summed E-state index contributed by atoms with van der Waals surface area (Å²) in [5.74, 6) is 1.51. The van der Waals surface area contributed by atoms with Crippen molar-refractivity contribution in [2.75, 3.05) is 54.7 Å². The van der Waals surface area contributed by atoms with Crippen LogP contribution in [0.3, 0.4) is 0 Å². The Balaban J connectivity index is 0.000000176. The molecule has 6 aromatic rings. The summed E-state index contributed by atoms with van der Waals surface area (Å²) in [6.07, 6.45) is 6.44. The van der Waals surface area contributed by atoms with Crippen LogP contribution in [-0.4, -0.2) is 85.2 Å². The third-order valence-corrected chi connectivity index (χ3v) is 13.2. The van der Waals surface area contributed by atoms with Gasteiger partial charge in [0, 0.05) is 45.3 Å². The van der Waals surface area contributed by atoms with Gasteiger partial charge >= 0.3 is 11.9 Å². The molecule has 326 valence electrons. The average molecular weight is 903 g/mol. The highest BCUT2D eigenvalue weighted by atomic mass is 35.7. The smallest absolute Gasteiger partial charge is 0.328 e. The molecule has 2 aromatic heterocycles. The van der Waals surface area contributed by atoms with Crippen molar-refractivity contribution in [3.8, 4) is 5.75 Å². The summed E-state index contributed by atoms with van der Waals surface area (Å²) < 4.78 is 64.8. The number of benzene rings is 4. The van der Waals surface area contributed by atoms with Crippen LogP contribution in [0.25, 0.3) is 21.5 Å². The summed E-state index contributed by atoms with van der Waals surface area (Å²) in [5, 5.41) is 3.39. The van der Waals surface area contributed by atoms with Gasteiger partial charge in [0.1, 0.15) is 29.5 Å². The van der Waals surface area contributed by atoms with Crippen molar-refractivity contribution in [2.45, 2.75) is 54.5 Å². The van der Waals surface area contributed by atoms with E-state index < -0.39 is 25.1 Å². The van der Waals surface area contributed by atoms with Gasteiger partial charge in [0.25, 0.3) is 19.1 Å². The van der Waals surface area contributed by atoms with E-state index in [1.165, 1.54) is 51.8 Å². The first-order valence-corrected chi connectivity index (χ1v) is 23.3. The Bertz CT molecular complexity index is 2780. The maximum Gasteiger partial charge on any atom is 0.328 e.